The predicted molar refractivity (Wildman–Crippen MR) is 93.1 cm³/mol. The van der Waals surface area contributed by atoms with Gasteiger partial charge in [-0.25, -0.2) is 17.5 Å². The molecule has 0 radical (unpaired) electrons. The highest BCUT2D eigenvalue weighted by Crippen LogP contribution is 2.46. The van der Waals surface area contributed by atoms with Crippen molar-refractivity contribution in [3.05, 3.63) is 40.9 Å². The lowest BCUT2D eigenvalue weighted by atomic mass is 10.1. The van der Waals surface area contributed by atoms with Gasteiger partial charge in [-0.15, -0.1) is 0 Å². The second kappa shape index (κ2) is 6.58. The van der Waals surface area contributed by atoms with Crippen LogP contribution in [0.4, 0.5) is 5.69 Å². The molecule has 0 fully saturated rings. The average molecular weight is 400 g/mol. The Bertz CT molecular complexity index is 990. The maximum absolute atomic E-state index is 13.1. The molecule has 0 aromatic heterocycles. The normalized spacial score (nSPS) is 13.1. The van der Waals surface area contributed by atoms with Gasteiger partial charge in [-0.1, -0.05) is 11.6 Å². The fourth-order valence-electron chi connectivity index (χ4n) is 2.56. The number of carbonyl (C=O) groups is 1. The summed E-state index contributed by atoms with van der Waals surface area (Å²) in [5.41, 5.74) is -0.0758. The lowest BCUT2D eigenvalue weighted by molar-refractivity contribution is 0.0696. The molecule has 1 aliphatic heterocycles. The molecule has 0 saturated heterocycles. The minimum Gasteiger partial charge on any atom is -0.495 e. The van der Waals surface area contributed by atoms with Crippen molar-refractivity contribution in [1.29, 1.82) is 0 Å². The minimum absolute atomic E-state index is 0.0591. The van der Waals surface area contributed by atoms with Gasteiger partial charge >= 0.3 is 5.97 Å². The minimum atomic E-state index is -4.13. The molecule has 0 unspecified atom stereocenters. The van der Waals surface area contributed by atoms with Gasteiger partial charge in [0.25, 0.3) is 10.0 Å². The van der Waals surface area contributed by atoms with Gasteiger partial charge in [-0.3, -0.25) is 0 Å². The van der Waals surface area contributed by atoms with Crippen molar-refractivity contribution >= 4 is 33.3 Å². The number of carboxylic acids is 1. The van der Waals surface area contributed by atoms with Gasteiger partial charge in [-0.05, 0) is 30.3 Å². The lowest BCUT2D eigenvalue weighted by Gasteiger charge is -2.19. The molecule has 10 heteroatoms. The van der Waals surface area contributed by atoms with Gasteiger partial charge in [0, 0.05) is 5.02 Å². The third-order valence-electron chi connectivity index (χ3n) is 3.79. The second-order valence-corrected chi connectivity index (χ2v) is 7.52. The smallest absolute Gasteiger partial charge is 0.335 e. The molecule has 2 aromatic carbocycles. The van der Waals surface area contributed by atoms with Crippen LogP contribution in [0.25, 0.3) is 0 Å². The molecule has 2 aromatic rings. The van der Waals surface area contributed by atoms with E-state index < -0.39 is 16.0 Å². The summed E-state index contributed by atoms with van der Waals surface area (Å²) in [6.45, 7) is -0.341. The van der Waals surface area contributed by atoms with E-state index in [9.17, 15) is 18.3 Å². The molecule has 8 nitrogen and oxygen atoms in total. The Morgan fingerprint density at radius 1 is 1.19 bits per heavy atom. The Balaban J connectivity index is 2.18. The number of fused-ring (bicyclic) bond motifs is 1. The summed E-state index contributed by atoms with van der Waals surface area (Å²) in [7, 11) is -1.46. The Morgan fingerprint density at radius 2 is 1.88 bits per heavy atom. The molecule has 3 rings (SSSR count). The van der Waals surface area contributed by atoms with Gasteiger partial charge in [-0.2, -0.15) is 0 Å². The van der Waals surface area contributed by atoms with E-state index in [0.29, 0.717) is 0 Å². The third kappa shape index (κ3) is 2.89. The van der Waals surface area contributed by atoms with Crippen LogP contribution in [-0.4, -0.2) is 40.4 Å². The average Bonchev–Trinajstić information content (AvgIpc) is 3.05. The molecule has 0 aliphatic carbocycles. The van der Waals surface area contributed by atoms with Crippen LogP contribution in [0.1, 0.15) is 10.4 Å². The third-order valence-corrected chi connectivity index (χ3v) is 5.78. The van der Waals surface area contributed by atoms with Crippen LogP contribution in [0, 0.1) is 0 Å². The summed E-state index contributed by atoms with van der Waals surface area (Å²) in [6, 6.07) is 6.66. The highest BCUT2D eigenvalue weighted by Gasteiger charge is 2.37. The standard InChI is InChI=1S/C16H14ClNO7S/c1-23-12-4-3-10(17)7-14(12)26(21,22)18-8-25-15-11(18)5-9(16(19)20)6-13(15)24-2/h3-7H,8H2,1-2H3,(H,19,20). The lowest BCUT2D eigenvalue weighted by Crippen LogP contribution is -2.30. The van der Waals surface area contributed by atoms with E-state index in [-0.39, 0.29) is 45.1 Å². The summed E-state index contributed by atoms with van der Waals surface area (Å²) in [6.07, 6.45) is 0. The van der Waals surface area contributed by atoms with Gasteiger partial charge in [0.1, 0.15) is 16.3 Å². The summed E-state index contributed by atoms with van der Waals surface area (Å²) in [5, 5.41) is 9.47. The molecule has 0 atom stereocenters. The zero-order valence-corrected chi connectivity index (χ0v) is 15.3. The van der Waals surface area contributed by atoms with E-state index in [4.69, 9.17) is 25.8 Å². The number of methoxy groups -OCH3 is 2. The van der Waals surface area contributed by atoms with E-state index >= 15 is 0 Å². The monoisotopic (exact) mass is 399 g/mol. The van der Waals surface area contributed by atoms with Crippen LogP contribution in [0.3, 0.4) is 0 Å². The number of anilines is 1. The van der Waals surface area contributed by atoms with Crippen molar-refractivity contribution in [2.45, 2.75) is 4.90 Å². The molecule has 1 heterocycles. The Morgan fingerprint density at radius 3 is 2.50 bits per heavy atom. The zero-order chi connectivity index (χ0) is 19.1. The van der Waals surface area contributed by atoms with Crippen LogP contribution >= 0.6 is 11.6 Å². The number of aromatic carboxylic acids is 1. The predicted octanol–water partition coefficient (Wildman–Crippen LogP) is 2.60. The van der Waals surface area contributed by atoms with Crippen molar-refractivity contribution in [2.24, 2.45) is 0 Å². The first-order chi connectivity index (χ1) is 12.3. The zero-order valence-electron chi connectivity index (χ0n) is 13.7. The van der Waals surface area contributed by atoms with Crippen molar-refractivity contribution in [1.82, 2.24) is 0 Å². The molecule has 0 saturated carbocycles. The molecule has 0 amide bonds. The van der Waals surface area contributed by atoms with Crippen molar-refractivity contribution in [3.8, 4) is 17.2 Å². The van der Waals surface area contributed by atoms with Crippen LogP contribution in [-0.2, 0) is 10.0 Å². The number of ether oxygens (including phenoxy) is 3. The number of hydrogen-bond donors (Lipinski definition) is 1. The van der Waals surface area contributed by atoms with Gasteiger partial charge in [0.2, 0.25) is 0 Å². The largest absolute Gasteiger partial charge is 0.495 e. The molecular formula is C16H14ClNO7S. The first-order valence-electron chi connectivity index (χ1n) is 7.24. The number of rotatable bonds is 5. The Hall–Kier alpha value is -2.65. The maximum atomic E-state index is 13.1. The quantitative estimate of drug-likeness (QED) is 0.824. The number of sulfonamides is 1. The number of nitrogens with zero attached hydrogens (tertiary/aromatic N) is 1. The van der Waals surface area contributed by atoms with Gasteiger partial charge in [0.15, 0.2) is 18.2 Å². The molecule has 26 heavy (non-hydrogen) atoms. The van der Waals surface area contributed by atoms with E-state index in [1.807, 2.05) is 0 Å². The Labute approximate surface area is 154 Å². The summed E-state index contributed by atoms with van der Waals surface area (Å²) >= 11 is 5.93. The van der Waals surface area contributed by atoms with Crippen LogP contribution in [0.15, 0.2) is 35.2 Å². The van der Waals surface area contributed by atoms with Crippen molar-refractivity contribution in [2.75, 3.05) is 25.3 Å². The first-order valence-corrected chi connectivity index (χ1v) is 9.05. The number of benzene rings is 2. The van der Waals surface area contributed by atoms with E-state index in [0.717, 1.165) is 4.31 Å². The topological polar surface area (TPSA) is 102 Å². The van der Waals surface area contributed by atoms with E-state index in [1.165, 1.54) is 44.6 Å². The number of carboxylic acid groups (broad SMARTS) is 1. The summed E-state index contributed by atoms with van der Waals surface area (Å²) in [4.78, 5) is 11.2. The van der Waals surface area contributed by atoms with Crippen molar-refractivity contribution in [3.63, 3.8) is 0 Å². The summed E-state index contributed by atoms with van der Waals surface area (Å²) < 4.78 is 42.9. The molecule has 0 bridgehead atoms. The van der Waals surface area contributed by atoms with Crippen LogP contribution in [0.5, 0.6) is 17.2 Å². The molecule has 1 N–H and O–H groups in total. The highest BCUT2D eigenvalue weighted by atomic mass is 35.5. The van der Waals surface area contributed by atoms with E-state index in [1.54, 1.807) is 0 Å². The molecular weight excluding hydrogens is 386 g/mol. The molecule has 138 valence electrons. The number of hydrogen-bond acceptors (Lipinski definition) is 6. The fourth-order valence-corrected chi connectivity index (χ4v) is 4.30. The fraction of sp³-hybridized carbons (Fsp3) is 0.188. The summed E-state index contributed by atoms with van der Waals surface area (Å²) in [5.74, 6) is -0.863. The van der Waals surface area contributed by atoms with Crippen LogP contribution in [0.2, 0.25) is 5.02 Å². The highest BCUT2D eigenvalue weighted by molar-refractivity contribution is 7.93. The molecule has 0 spiro atoms. The molecule has 1 aliphatic rings. The maximum Gasteiger partial charge on any atom is 0.335 e. The van der Waals surface area contributed by atoms with Crippen LogP contribution < -0.4 is 18.5 Å². The first kappa shape index (κ1) is 18.2. The van der Waals surface area contributed by atoms with Gasteiger partial charge in [0.05, 0.1) is 19.8 Å². The SMILES string of the molecule is COc1ccc(Cl)cc1S(=O)(=O)N1COc2c(OC)cc(C(=O)O)cc21. The van der Waals surface area contributed by atoms with Crippen molar-refractivity contribution < 1.29 is 32.5 Å². The Kier molecular flexibility index (Phi) is 4.59. The van der Waals surface area contributed by atoms with E-state index in [2.05, 4.69) is 0 Å². The second-order valence-electron chi connectivity index (χ2n) is 5.25. The van der Waals surface area contributed by atoms with Gasteiger partial charge < -0.3 is 19.3 Å². The number of halogens is 1.